The van der Waals surface area contributed by atoms with Crippen LogP contribution in [0.3, 0.4) is 0 Å². The second-order valence-corrected chi connectivity index (χ2v) is 8.15. The van der Waals surface area contributed by atoms with Crippen LogP contribution in [0.1, 0.15) is 15.9 Å². The summed E-state index contributed by atoms with van der Waals surface area (Å²) < 4.78 is 2.20. The minimum atomic E-state index is -0.681. The van der Waals surface area contributed by atoms with Gasteiger partial charge in [-0.2, -0.15) is 0 Å². The molecular weight excluding hydrogens is 422 g/mol. The van der Waals surface area contributed by atoms with Crippen molar-refractivity contribution >= 4 is 17.3 Å². The maximum absolute atomic E-state index is 13.1. The zero-order chi connectivity index (χ0) is 23.5. The molecule has 1 aliphatic heterocycles. The van der Waals surface area contributed by atoms with Gasteiger partial charge in [0.2, 0.25) is 0 Å². The maximum Gasteiger partial charge on any atom is 0.332 e. The smallest absolute Gasteiger partial charge is 0.332 e. The van der Waals surface area contributed by atoms with Crippen molar-refractivity contribution in [2.45, 2.75) is 6.54 Å². The molecule has 0 saturated carbocycles. The van der Waals surface area contributed by atoms with Gasteiger partial charge in [0.15, 0.2) is 5.78 Å². The fourth-order valence-electron chi connectivity index (χ4n) is 4.12. The normalized spacial score (nSPS) is 14.4. The summed E-state index contributed by atoms with van der Waals surface area (Å²) >= 11 is 0. The first-order valence-corrected chi connectivity index (χ1v) is 10.8. The van der Waals surface area contributed by atoms with Crippen LogP contribution in [-0.2, 0) is 13.6 Å². The molecule has 1 aromatic heterocycles. The van der Waals surface area contributed by atoms with Gasteiger partial charge < -0.3 is 15.7 Å². The van der Waals surface area contributed by atoms with E-state index in [1.54, 1.807) is 12.1 Å². The van der Waals surface area contributed by atoms with Crippen molar-refractivity contribution in [3.8, 4) is 5.75 Å². The summed E-state index contributed by atoms with van der Waals surface area (Å²) in [7, 11) is 1.35. The van der Waals surface area contributed by atoms with Crippen molar-refractivity contribution in [1.82, 2.24) is 14.0 Å². The van der Waals surface area contributed by atoms with Crippen molar-refractivity contribution in [2.75, 3.05) is 43.4 Å². The second-order valence-electron chi connectivity index (χ2n) is 8.15. The van der Waals surface area contributed by atoms with E-state index in [1.807, 2.05) is 47.4 Å². The molecule has 9 nitrogen and oxygen atoms in total. The molecule has 0 unspecified atom stereocenters. The van der Waals surface area contributed by atoms with Crippen molar-refractivity contribution in [3.63, 3.8) is 0 Å². The molecule has 0 aliphatic carbocycles. The summed E-state index contributed by atoms with van der Waals surface area (Å²) in [5, 5.41) is 10.1. The average molecular weight is 450 g/mol. The highest BCUT2D eigenvalue weighted by Gasteiger charge is 2.26. The number of piperazine rings is 1. The van der Waals surface area contributed by atoms with Gasteiger partial charge >= 0.3 is 5.69 Å². The molecule has 0 amide bonds. The monoisotopic (exact) mass is 449 g/mol. The number of ketones is 1. The zero-order valence-corrected chi connectivity index (χ0v) is 18.5. The molecule has 2 heterocycles. The van der Waals surface area contributed by atoms with Gasteiger partial charge in [0.1, 0.15) is 17.1 Å². The standard InChI is InChI=1S/C24H27N5O4/c1-26-23(32)21(22(25)29(24(26)33)15-17-7-3-2-4-8-17)20(31)16-27-11-13-28(14-12-27)18-9-5-6-10-19(18)30/h2-10,30H,11-16,25H2,1H3. The fourth-order valence-corrected chi connectivity index (χ4v) is 4.12. The third-order valence-electron chi connectivity index (χ3n) is 6.01. The highest BCUT2D eigenvalue weighted by Crippen LogP contribution is 2.27. The number of para-hydroxylation sites is 2. The minimum absolute atomic E-state index is 0.0254. The Morgan fingerprint density at radius 3 is 2.27 bits per heavy atom. The van der Waals surface area contributed by atoms with Crippen LogP contribution in [0.2, 0.25) is 0 Å². The second kappa shape index (κ2) is 9.33. The zero-order valence-electron chi connectivity index (χ0n) is 18.5. The summed E-state index contributed by atoms with van der Waals surface area (Å²) in [4.78, 5) is 42.6. The highest BCUT2D eigenvalue weighted by atomic mass is 16.3. The van der Waals surface area contributed by atoms with E-state index in [1.165, 1.54) is 11.6 Å². The lowest BCUT2D eigenvalue weighted by atomic mass is 10.1. The highest BCUT2D eigenvalue weighted by molar-refractivity contribution is 6.01. The molecule has 1 aliphatic rings. The molecule has 3 aromatic rings. The number of hydrogen-bond acceptors (Lipinski definition) is 7. The van der Waals surface area contributed by atoms with E-state index in [0.717, 1.165) is 15.8 Å². The number of benzene rings is 2. The Labute approximate surface area is 190 Å². The summed E-state index contributed by atoms with van der Waals surface area (Å²) in [6, 6.07) is 16.4. The Hall–Kier alpha value is -3.85. The first-order chi connectivity index (χ1) is 15.9. The molecule has 0 spiro atoms. The number of phenolic OH excluding ortho intramolecular Hbond substituents is 1. The molecule has 1 saturated heterocycles. The van der Waals surface area contributed by atoms with E-state index >= 15 is 0 Å². The van der Waals surface area contributed by atoms with Crippen LogP contribution in [-0.4, -0.2) is 57.6 Å². The molecule has 3 N–H and O–H groups in total. The van der Waals surface area contributed by atoms with Gasteiger partial charge in [0.25, 0.3) is 5.56 Å². The Bertz CT molecular complexity index is 1270. The molecule has 1 fully saturated rings. The number of aromatic hydroxyl groups is 1. The molecule has 33 heavy (non-hydrogen) atoms. The van der Waals surface area contributed by atoms with Gasteiger partial charge in [-0.15, -0.1) is 0 Å². The topological polar surface area (TPSA) is 114 Å². The van der Waals surface area contributed by atoms with E-state index in [2.05, 4.69) is 4.90 Å². The van der Waals surface area contributed by atoms with Crippen LogP contribution in [0, 0.1) is 0 Å². The van der Waals surface area contributed by atoms with Crippen molar-refractivity contribution in [1.29, 1.82) is 0 Å². The number of rotatable bonds is 6. The largest absolute Gasteiger partial charge is 0.506 e. The lowest BCUT2D eigenvalue weighted by Gasteiger charge is -2.36. The van der Waals surface area contributed by atoms with Gasteiger partial charge in [-0.1, -0.05) is 42.5 Å². The third-order valence-corrected chi connectivity index (χ3v) is 6.01. The van der Waals surface area contributed by atoms with E-state index in [-0.39, 0.29) is 30.2 Å². The van der Waals surface area contributed by atoms with Crippen molar-refractivity contribution in [2.24, 2.45) is 7.05 Å². The number of Topliss-reactive ketones (excluding diaryl/α,β-unsaturated/α-hetero) is 1. The quantitative estimate of drug-likeness (QED) is 0.537. The maximum atomic E-state index is 13.1. The predicted octanol–water partition coefficient (Wildman–Crippen LogP) is 0.888. The fraction of sp³-hybridized carbons (Fsp3) is 0.292. The Morgan fingerprint density at radius 2 is 1.61 bits per heavy atom. The Balaban J connectivity index is 1.52. The van der Waals surface area contributed by atoms with Gasteiger partial charge in [0, 0.05) is 33.2 Å². The minimum Gasteiger partial charge on any atom is -0.506 e. The number of nitrogens with zero attached hydrogens (tertiary/aromatic N) is 4. The lowest BCUT2D eigenvalue weighted by Crippen LogP contribution is -2.49. The number of carbonyl (C=O) groups excluding carboxylic acids is 1. The number of anilines is 2. The van der Waals surface area contributed by atoms with Gasteiger partial charge in [0.05, 0.1) is 18.8 Å². The van der Waals surface area contributed by atoms with E-state index < -0.39 is 17.0 Å². The van der Waals surface area contributed by atoms with Gasteiger partial charge in [-0.25, -0.2) is 4.79 Å². The van der Waals surface area contributed by atoms with E-state index in [4.69, 9.17) is 5.73 Å². The predicted molar refractivity (Wildman–Crippen MR) is 127 cm³/mol. The van der Waals surface area contributed by atoms with Crippen LogP contribution in [0.15, 0.2) is 64.2 Å². The van der Waals surface area contributed by atoms with Crippen LogP contribution < -0.4 is 21.9 Å². The number of hydrogen-bond donors (Lipinski definition) is 2. The molecule has 0 atom stereocenters. The summed E-state index contributed by atoms with van der Waals surface area (Å²) in [5.74, 6) is -0.297. The van der Waals surface area contributed by atoms with E-state index in [0.29, 0.717) is 26.2 Å². The molecule has 9 heteroatoms. The first kappa shape index (κ1) is 22.3. The summed E-state index contributed by atoms with van der Waals surface area (Å²) in [5.41, 5.74) is 6.39. The number of carbonyl (C=O) groups is 1. The van der Waals surface area contributed by atoms with Gasteiger partial charge in [-0.3, -0.25) is 23.6 Å². The molecule has 0 radical (unpaired) electrons. The number of phenols is 1. The molecule has 2 aromatic carbocycles. The summed E-state index contributed by atoms with van der Waals surface area (Å²) in [6.45, 7) is 2.63. The number of nitrogens with two attached hydrogens (primary N) is 1. The molecule has 4 rings (SSSR count). The average Bonchev–Trinajstić information content (AvgIpc) is 2.82. The Morgan fingerprint density at radius 1 is 0.970 bits per heavy atom. The molecule has 172 valence electrons. The number of aromatic nitrogens is 2. The van der Waals surface area contributed by atoms with Crippen LogP contribution in [0.4, 0.5) is 11.5 Å². The first-order valence-electron chi connectivity index (χ1n) is 10.8. The van der Waals surface area contributed by atoms with Crippen LogP contribution in [0.5, 0.6) is 5.75 Å². The Kier molecular flexibility index (Phi) is 6.32. The molecule has 0 bridgehead atoms. The SMILES string of the molecule is Cn1c(=O)c(C(=O)CN2CCN(c3ccccc3O)CC2)c(N)n(Cc2ccccc2)c1=O. The van der Waals surface area contributed by atoms with Crippen LogP contribution in [0.25, 0.3) is 0 Å². The van der Waals surface area contributed by atoms with E-state index in [9.17, 15) is 19.5 Å². The number of nitrogen functional groups attached to an aromatic ring is 1. The van der Waals surface area contributed by atoms with Crippen molar-refractivity contribution < 1.29 is 9.90 Å². The van der Waals surface area contributed by atoms with Crippen molar-refractivity contribution in [3.05, 3.63) is 86.6 Å². The van der Waals surface area contributed by atoms with Crippen LogP contribution >= 0.6 is 0 Å². The molecular formula is C24H27N5O4. The van der Waals surface area contributed by atoms with Gasteiger partial charge in [-0.05, 0) is 17.7 Å². The lowest BCUT2D eigenvalue weighted by molar-refractivity contribution is 0.0924. The summed E-state index contributed by atoms with van der Waals surface area (Å²) in [6.07, 6.45) is 0. The third kappa shape index (κ3) is 4.54.